The van der Waals surface area contributed by atoms with E-state index in [2.05, 4.69) is 20.9 Å². The Bertz CT molecular complexity index is 753. The van der Waals surface area contributed by atoms with Crippen molar-refractivity contribution >= 4 is 33.0 Å². The summed E-state index contributed by atoms with van der Waals surface area (Å²) in [5.74, 6) is -0.274. The molecular formula is C15H10BrFN2S. The normalized spacial score (nSPS) is 10.7. The van der Waals surface area contributed by atoms with E-state index in [4.69, 9.17) is 5.73 Å². The van der Waals surface area contributed by atoms with Gasteiger partial charge in [0.25, 0.3) is 0 Å². The third-order valence-corrected chi connectivity index (χ3v) is 4.38. The number of aromatic nitrogens is 1. The Balaban J connectivity index is 1.97. The number of rotatable bonds is 2. The molecule has 0 atom stereocenters. The molecule has 20 heavy (non-hydrogen) atoms. The van der Waals surface area contributed by atoms with Crippen molar-refractivity contribution in [3.63, 3.8) is 0 Å². The maximum atomic E-state index is 13.2. The largest absolute Gasteiger partial charge is 0.399 e. The maximum Gasteiger partial charge on any atom is 0.137 e. The number of hydrogen-bond acceptors (Lipinski definition) is 3. The van der Waals surface area contributed by atoms with E-state index in [9.17, 15) is 4.39 Å². The Morgan fingerprint density at radius 2 is 1.75 bits per heavy atom. The maximum absolute atomic E-state index is 13.2. The van der Waals surface area contributed by atoms with Crippen LogP contribution in [0.2, 0.25) is 0 Å². The predicted octanol–water partition coefficient (Wildman–Crippen LogP) is 4.96. The van der Waals surface area contributed by atoms with Crippen LogP contribution in [0.1, 0.15) is 0 Å². The lowest BCUT2D eigenvalue weighted by molar-refractivity contribution is 0.621. The SMILES string of the molecule is Nc1ccc(-c2csc(-c3ccc(F)c(Br)c3)n2)cc1. The monoisotopic (exact) mass is 348 g/mol. The second-order valence-corrected chi connectivity index (χ2v) is 6.00. The third kappa shape index (κ3) is 2.59. The topological polar surface area (TPSA) is 38.9 Å². The van der Waals surface area contributed by atoms with Gasteiger partial charge in [0.2, 0.25) is 0 Å². The van der Waals surface area contributed by atoms with Crippen LogP contribution < -0.4 is 5.73 Å². The fourth-order valence-electron chi connectivity index (χ4n) is 1.82. The minimum atomic E-state index is -0.274. The number of hydrogen-bond donors (Lipinski definition) is 1. The molecule has 0 aliphatic heterocycles. The second kappa shape index (κ2) is 5.34. The molecule has 2 nitrogen and oxygen atoms in total. The van der Waals surface area contributed by atoms with Crippen LogP contribution in [-0.4, -0.2) is 4.98 Å². The molecule has 5 heteroatoms. The van der Waals surface area contributed by atoms with Crippen molar-refractivity contribution < 1.29 is 4.39 Å². The highest BCUT2D eigenvalue weighted by atomic mass is 79.9. The minimum absolute atomic E-state index is 0.274. The minimum Gasteiger partial charge on any atom is -0.399 e. The summed E-state index contributed by atoms with van der Waals surface area (Å²) in [7, 11) is 0. The summed E-state index contributed by atoms with van der Waals surface area (Å²) in [6.07, 6.45) is 0. The highest BCUT2D eigenvalue weighted by Gasteiger charge is 2.08. The standard InChI is InChI=1S/C15H10BrFN2S/c16-12-7-10(3-6-13(12)17)15-19-14(8-20-15)9-1-4-11(18)5-2-9/h1-8H,18H2. The van der Waals surface area contributed by atoms with E-state index in [1.54, 1.807) is 12.1 Å². The van der Waals surface area contributed by atoms with E-state index < -0.39 is 0 Å². The molecule has 0 amide bonds. The second-order valence-electron chi connectivity index (χ2n) is 4.29. The molecular weight excluding hydrogens is 339 g/mol. The van der Waals surface area contributed by atoms with Gasteiger partial charge in [-0.15, -0.1) is 11.3 Å². The summed E-state index contributed by atoms with van der Waals surface area (Å²) in [5, 5.41) is 2.84. The van der Waals surface area contributed by atoms with Crippen LogP contribution >= 0.6 is 27.3 Å². The number of halogens is 2. The molecule has 100 valence electrons. The first kappa shape index (κ1) is 13.3. The zero-order valence-electron chi connectivity index (χ0n) is 10.3. The van der Waals surface area contributed by atoms with E-state index in [1.165, 1.54) is 17.4 Å². The van der Waals surface area contributed by atoms with Crippen LogP contribution in [0.3, 0.4) is 0 Å². The molecule has 1 heterocycles. The predicted molar refractivity (Wildman–Crippen MR) is 85.1 cm³/mol. The van der Waals surface area contributed by atoms with Gasteiger partial charge in [0.05, 0.1) is 10.2 Å². The zero-order chi connectivity index (χ0) is 14.1. The fraction of sp³-hybridized carbons (Fsp3) is 0. The Labute approximate surface area is 128 Å². The van der Waals surface area contributed by atoms with Crippen LogP contribution in [0.25, 0.3) is 21.8 Å². The van der Waals surface area contributed by atoms with E-state index in [-0.39, 0.29) is 5.82 Å². The molecule has 0 spiro atoms. The summed E-state index contributed by atoms with van der Waals surface area (Å²) in [6.45, 7) is 0. The van der Waals surface area contributed by atoms with Gasteiger partial charge < -0.3 is 5.73 Å². The molecule has 2 aromatic carbocycles. The average molecular weight is 349 g/mol. The molecule has 1 aromatic heterocycles. The summed E-state index contributed by atoms with van der Waals surface area (Å²) in [6, 6.07) is 12.5. The number of nitrogens with zero attached hydrogens (tertiary/aromatic N) is 1. The van der Waals surface area contributed by atoms with Crippen molar-refractivity contribution in [1.82, 2.24) is 4.98 Å². The first-order chi connectivity index (χ1) is 9.63. The summed E-state index contributed by atoms with van der Waals surface area (Å²) >= 11 is 4.72. The molecule has 0 bridgehead atoms. The third-order valence-electron chi connectivity index (χ3n) is 2.88. The molecule has 3 rings (SSSR count). The van der Waals surface area contributed by atoms with Crippen LogP contribution in [0.15, 0.2) is 52.3 Å². The lowest BCUT2D eigenvalue weighted by Crippen LogP contribution is -1.84. The Hall–Kier alpha value is -1.72. The number of anilines is 1. The summed E-state index contributed by atoms with van der Waals surface area (Å²) in [4.78, 5) is 4.59. The van der Waals surface area contributed by atoms with Crippen molar-refractivity contribution in [2.45, 2.75) is 0 Å². The van der Waals surface area contributed by atoms with E-state index in [1.807, 2.05) is 29.6 Å². The molecule has 0 fully saturated rings. The highest BCUT2D eigenvalue weighted by Crippen LogP contribution is 2.31. The Kier molecular flexibility index (Phi) is 3.54. The fourth-order valence-corrected chi connectivity index (χ4v) is 3.03. The molecule has 0 aliphatic carbocycles. The average Bonchev–Trinajstić information content (AvgIpc) is 2.92. The zero-order valence-corrected chi connectivity index (χ0v) is 12.7. The van der Waals surface area contributed by atoms with Crippen molar-refractivity contribution in [3.8, 4) is 21.8 Å². The van der Waals surface area contributed by atoms with Gasteiger partial charge in [0.1, 0.15) is 10.8 Å². The number of nitrogen functional groups attached to an aromatic ring is 1. The number of nitrogens with two attached hydrogens (primary N) is 1. The van der Waals surface area contributed by atoms with Crippen molar-refractivity contribution in [1.29, 1.82) is 0 Å². The van der Waals surface area contributed by atoms with Crippen LogP contribution in [0.4, 0.5) is 10.1 Å². The summed E-state index contributed by atoms with van der Waals surface area (Å²) < 4.78 is 13.7. The van der Waals surface area contributed by atoms with Crippen molar-refractivity contribution in [2.24, 2.45) is 0 Å². The Morgan fingerprint density at radius 3 is 2.45 bits per heavy atom. The molecule has 0 saturated carbocycles. The van der Waals surface area contributed by atoms with Gasteiger partial charge in [-0.05, 0) is 46.3 Å². The van der Waals surface area contributed by atoms with Crippen LogP contribution in [0, 0.1) is 5.82 Å². The molecule has 0 aliphatic rings. The first-order valence-corrected chi connectivity index (χ1v) is 7.57. The van der Waals surface area contributed by atoms with Crippen molar-refractivity contribution in [3.05, 3.63) is 58.1 Å². The summed E-state index contributed by atoms with van der Waals surface area (Å²) in [5.41, 5.74) is 9.21. The quantitative estimate of drug-likeness (QED) is 0.664. The lowest BCUT2D eigenvalue weighted by Gasteiger charge is -1.99. The van der Waals surface area contributed by atoms with E-state index >= 15 is 0 Å². The number of thiazole rings is 1. The van der Waals surface area contributed by atoms with Gasteiger partial charge in [0, 0.05) is 22.2 Å². The smallest absolute Gasteiger partial charge is 0.137 e. The van der Waals surface area contributed by atoms with Gasteiger partial charge >= 0.3 is 0 Å². The molecule has 3 aromatic rings. The molecule has 2 N–H and O–H groups in total. The van der Waals surface area contributed by atoms with E-state index in [0.29, 0.717) is 4.47 Å². The van der Waals surface area contributed by atoms with Gasteiger partial charge in [-0.2, -0.15) is 0 Å². The van der Waals surface area contributed by atoms with Crippen LogP contribution in [0.5, 0.6) is 0 Å². The molecule has 0 radical (unpaired) electrons. The van der Waals surface area contributed by atoms with Gasteiger partial charge in [-0.3, -0.25) is 0 Å². The number of benzene rings is 2. The van der Waals surface area contributed by atoms with Crippen molar-refractivity contribution in [2.75, 3.05) is 5.73 Å². The van der Waals surface area contributed by atoms with Gasteiger partial charge in [-0.25, -0.2) is 9.37 Å². The first-order valence-electron chi connectivity index (χ1n) is 5.90. The van der Waals surface area contributed by atoms with Crippen LogP contribution in [-0.2, 0) is 0 Å². The molecule has 0 unspecified atom stereocenters. The lowest BCUT2D eigenvalue weighted by atomic mass is 10.1. The Morgan fingerprint density at radius 1 is 1.05 bits per heavy atom. The van der Waals surface area contributed by atoms with Gasteiger partial charge in [-0.1, -0.05) is 12.1 Å². The molecule has 0 saturated heterocycles. The van der Waals surface area contributed by atoms with E-state index in [0.717, 1.165) is 27.5 Å². The van der Waals surface area contributed by atoms with Gasteiger partial charge in [0.15, 0.2) is 0 Å². The highest BCUT2D eigenvalue weighted by molar-refractivity contribution is 9.10.